The smallest absolute Gasteiger partial charge is 0.170 e. The van der Waals surface area contributed by atoms with Crippen molar-refractivity contribution in [2.75, 3.05) is 5.73 Å². The molecule has 0 aliphatic carbocycles. The summed E-state index contributed by atoms with van der Waals surface area (Å²) in [6.07, 6.45) is 0. The van der Waals surface area contributed by atoms with Crippen molar-refractivity contribution >= 4 is 43.2 Å². The van der Waals surface area contributed by atoms with E-state index < -0.39 is 0 Å². The summed E-state index contributed by atoms with van der Waals surface area (Å²) in [4.78, 5) is 4.49. The van der Waals surface area contributed by atoms with Gasteiger partial charge in [0.15, 0.2) is 15.4 Å². The second kappa shape index (κ2) is 3.61. The summed E-state index contributed by atoms with van der Waals surface area (Å²) in [5.41, 5.74) is 7.42. The zero-order valence-electron chi connectivity index (χ0n) is 8.11. The van der Waals surface area contributed by atoms with Crippen LogP contribution >= 0.6 is 27.3 Å². The molecule has 0 saturated heterocycles. The number of rotatable bonds is 1. The Balaban J connectivity index is 2.18. The monoisotopic (exact) mass is 294 g/mol. The molecule has 3 aromatic rings. The highest BCUT2D eigenvalue weighted by Gasteiger charge is 2.09. The highest BCUT2D eigenvalue weighted by atomic mass is 79.9. The van der Waals surface area contributed by atoms with E-state index >= 15 is 0 Å². The second-order valence-corrected chi connectivity index (χ2v) is 5.16. The van der Waals surface area contributed by atoms with Crippen LogP contribution in [0.25, 0.3) is 21.0 Å². The molecule has 0 fully saturated rings. The van der Waals surface area contributed by atoms with E-state index in [1.165, 1.54) is 0 Å². The molecule has 0 radical (unpaired) electrons. The van der Waals surface area contributed by atoms with Crippen molar-refractivity contribution in [3.05, 3.63) is 35.0 Å². The Morgan fingerprint density at radius 2 is 2.12 bits per heavy atom. The maximum atomic E-state index is 5.72. The average Bonchev–Trinajstić information content (AvgIpc) is 2.83. The molecule has 0 amide bonds. The largest absolute Gasteiger partial charge is 0.447 e. The number of furan rings is 1. The number of aromatic nitrogens is 1. The fourth-order valence-corrected chi connectivity index (χ4v) is 2.76. The van der Waals surface area contributed by atoms with Crippen molar-refractivity contribution in [1.82, 2.24) is 4.98 Å². The molecule has 3 rings (SSSR count). The molecule has 2 N–H and O–H groups in total. The minimum absolute atomic E-state index is 0.710. The molecule has 0 saturated carbocycles. The van der Waals surface area contributed by atoms with Crippen molar-refractivity contribution in [2.24, 2.45) is 0 Å². The fourth-order valence-electron chi connectivity index (χ4n) is 1.48. The highest BCUT2D eigenvalue weighted by molar-refractivity contribution is 9.10. The second-order valence-electron chi connectivity index (χ2n) is 3.35. The summed E-state index contributed by atoms with van der Waals surface area (Å²) in [5, 5.41) is 0.867. The number of halogens is 1. The molecule has 0 spiro atoms. The molecule has 5 heteroatoms. The molecule has 0 aliphatic rings. The predicted octanol–water partition coefficient (Wildman–Crippen LogP) is 3.90. The third-order valence-corrected chi connectivity index (χ3v) is 3.66. The van der Waals surface area contributed by atoms with E-state index in [2.05, 4.69) is 20.9 Å². The minimum atomic E-state index is 0.710. The molecule has 0 unspecified atom stereocenters. The standard InChI is InChI=1S/C11H7BrN2OS/c12-10-4-3-8(15-10)11-14-7-2-1-6(13)5-9(7)16-11/h1-5H,13H2. The summed E-state index contributed by atoms with van der Waals surface area (Å²) in [6.45, 7) is 0. The van der Waals surface area contributed by atoms with Crippen LogP contribution < -0.4 is 5.73 Å². The third-order valence-electron chi connectivity index (χ3n) is 2.20. The van der Waals surface area contributed by atoms with Gasteiger partial charge in [0.25, 0.3) is 0 Å². The van der Waals surface area contributed by atoms with Gasteiger partial charge in [0.05, 0.1) is 10.2 Å². The Kier molecular flexibility index (Phi) is 2.22. The number of anilines is 1. The van der Waals surface area contributed by atoms with Gasteiger partial charge in [0.2, 0.25) is 0 Å². The molecule has 80 valence electrons. The van der Waals surface area contributed by atoms with E-state index in [4.69, 9.17) is 10.2 Å². The van der Waals surface area contributed by atoms with E-state index in [0.717, 1.165) is 26.7 Å². The maximum Gasteiger partial charge on any atom is 0.170 e. The lowest BCUT2D eigenvalue weighted by Crippen LogP contribution is -1.81. The Bertz CT molecular complexity index is 659. The first-order valence-electron chi connectivity index (χ1n) is 4.64. The Labute approximate surface area is 104 Å². The van der Waals surface area contributed by atoms with Crippen molar-refractivity contribution < 1.29 is 4.42 Å². The lowest BCUT2D eigenvalue weighted by Gasteiger charge is -1.89. The summed E-state index contributed by atoms with van der Waals surface area (Å²) in [6, 6.07) is 9.45. The quantitative estimate of drug-likeness (QED) is 0.693. The van der Waals surface area contributed by atoms with E-state index in [0.29, 0.717) is 4.67 Å². The average molecular weight is 295 g/mol. The lowest BCUT2D eigenvalue weighted by atomic mass is 10.3. The first-order chi connectivity index (χ1) is 7.72. The summed E-state index contributed by atoms with van der Waals surface area (Å²) in [7, 11) is 0. The topological polar surface area (TPSA) is 52.0 Å². The van der Waals surface area contributed by atoms with Gasteiger partial charge < -0.3 is 10.2 Å². The van der Waals surface area contributed by atoms with Gasteiger partial charge >= 0.3 is 0 Å². The number of benzene rings is 1. The van der Waals surface area contributed by atoms with Gasteiger partial charge in [-0.3, -0.25) is 0 Å². The number of hydrogen-bond donors (Lipinski definition) is 1. The van der Waals surface area contributed by atoms with Crippen LogP contribution in [0.3, 0.4) is 0 Å². The minimum Gasteiger partial charge on any atom is -0.447 e. The van der Waals surface area contributed by atoms with Crippen LogP contribution in [0, 0.1) is 0 Å². The Morgan fingerprint density at radius 1 is 1.25 bits per heavy atom. The maximum absolute atomic E-state index is 5.72. The van der Waals surface area contributed by atoms with Gasteiger partial charge in [-0.2, -0.15) is 0 Å². The van der Waals surface area contributed by atoms with E-state index in [9.17, 15) is 0 Å². The van der Waals surface area contributed by atoms with E-state index in [-0.39, 0.29) is 0 Å². The molecule has 2 heterocycles. The van der Waals surface area contributed by atoms with E-state index in [1.807, 2.05) is 30.3 Å². The number of thiazole rings is 1. The first kappa shape index (κ1) is 9.86. The van der Waals surface area contributed by atoms with Crippen LogP contribution in [0.2, 0.25) is 0 Å². The molecule has 0 atom stereocenters. The predicted molar refractivity (Wildman–Crippen MR) is 69.4 cm³/mol. The molecule has 3 nitrogen and oxygen atoms in total. The fraction of sp³-hybridized carbons (Fsp3) is 0. The van der Waals surface area contributed by atoms with Crippen molar-refractivity contribution in [3.63, 3.8) is 0 Å². The van der Waals surface area contributed by atoms with Crippen LogP contribution in [0.15, 0.2) is 39.4 Å². The molecule has 16 heavy (non-hydrogen) atoms. The van der Waals surface area contributed by atoms with Gasteiger partial charge in [-0.25, -0.2) is 4.98 Å². The zero-order chi connectivity index (χ0) is 11.1. The first-order valence-corrected chi connectivity index (χ1v) is 6.25. The third kappa shape index (κ3) is 1.62. The molecule has 2 aromatic heterocycles. The van der Waals surface area contributed by atoms with Crippen LogP contribution in [0.1, 0.15) is 0 Å². The van der Waals surface area contributed by atoms with Crippen molar-refractivity contribution in [1.29, 1.82) is 0 Å². The Hall–Kier alpha value is -1.33. The number of nitrogens with zero attached hydrogens (tertiary/aromatic N) is 1. The van der Waals surface area contributed by atoms with Crippen LogP contribution in [-0.2, 0) is 0 Å². The van der Waals surface area contributed by atoms with Crippen LogP contribution in [-0.4, -0.2) is 4.98 Å². The van der Waals surface area contributed by atoms with Crippen molar-refractivity contribution in [3.8, 4) is 10.8 Å². The number of hydrogen-bond acceptors (Lipinski definition) is 4. The zero-order valence-corrected chi connectivity index (χ0v) is 10.5. The van der Waals surface area contributed by atoms with Crippen LogP contribution in [0.5, 0.6) is 0 Å². The van der Waals surface area contributed by atoms with Gasteiger partial charge in [-0.15, -0.1) is 11.3 Å². The summed E-state index contributed by atoms with van der Waals surface area (Å²) in [5.74, 6) is 0.770. The molecular weight excluding hydrogens is 288 g/mol. The van der Waals surface area contributed by atoms with Gasteiger partial charge in [0.1, 0.15) is 0 Å². The number of nitrogens with two attached hydrogens (primary N) is 1. The van der Waals surface area contributed by atoms with Crippen molar-refractivity contribution in [2.45, 2.75) is 0 Å². The van der Waals surface area contributed by atoms with Gasteiger partial charge in [-0.05, 0) is 46.3 Å². The molecule has 1 aromatic carbocycles. The normalized spacial score (nSPS) is 11.1. The Morgan fingerprint density at radius 3 is 2.88 bits per heavy atom. The SMILES string of the molecule is Nc1ccc2nc(-c3ccc(Br)o3)sc2c1. The summed E-state index contributed by atoms with van der Waals surface area (Å²) < 4.78 is 7.24. The number of nitrogen functional groups attached to an aromatic ring is 1. The molecule has 0 bridgehead atoms. The lowest BCUT2D eigenvalue weighted by molar-refractivity contribution is 0.555. The highest BCUT2D eigenvalue weighted by Crippen LogP contribution is 2.33. The van der Waals surface area contributed by atoms with E-state index in [1.54, 1.807) is 11.3 Å². The van der Waals surface area contributed by atoms with Gasteiger partial charge in [0, 0.05) is 5.69 Å². The molecular formula is C11H7BrN2OS. The van der Waals surface area contributed by atoms with Crippen LogP contribution in [0.4, 0.5) is 5.69 Å². The number of fused-ring (bicyclic) bond motifs is 1. The summed E-state index contributed by atoms with van der Waals surface area (Å²) >= 11 is 4.85. The molecule has 0 aliphatic heterocycles. The van der Waals surface area contributed by atoms with Gasteiger partial charge in [-0.1, -0.05) is 0 Å².